The monoisotopic (exact) mass is 246 g/mol. The molecule has 3 heteroatoms. The third kappa shape index (κ3) is 2.19. The molecule has 0 spiro atoms. The van der Waals surface area contributed by atoms with Crippen LogP contribution in [0.4, 0.5) is 5.69 Å². The third-order valence-electron chi connectivity index (χ3n) is 3.93. The van der Waals surface area contributed by atoms with Crippen molar-refractivity contribution in [3.63, 3.8) is 0 Å². The Morgan fingerprint density at radius 3 is 2.78 bits per heavy atom. The minimum Gasteiger partial charge on any atom is -0.487 e. The van der Waals surface area contributed by atoms with Gasteiger partial charge in [0.1, 0.15) is 11.4 Å². The van der Waals surface area contributed by atoms with Crippen molar-refractivity contribution < 1.29 is 4.74 Å². The molecule has 1 fully saturated rings. The van der Waals surface area contributed by atoms with Gasteiger partial charge in [0.05, 0.1) is 0 Å². The van der Waals surface area contributed by atoms with Gasteiger partial charge in [-0.3, -0.25) is 0 Å². The maximum absolute atomic E-state index is 6.11. The number of hydrogen-bond donors (Lipinski definition) is 1. The molecule has 0 aromatic heterocycles. The number of nitrogens with zero attached hydrogens (tertiary/aromatic N) is 1. The van der Waals surface area contributed by atoms with Gasteiger partial charge in [-0.05, 0) is 38.8 Å². The van der Waals surface area contributed by atoms with Crippen LogP contribution < -0.4 is 15.0 Å². The van der Waals surface area contributed by atoms with E-state index in [0.717, 1.165) is 44.8 Å². The topological polar surface area (TPSA) is 24.5 Å². The maximum atomic E-state index is 6.11. The van der Waals surface area contributed by atoms with Crippen molar-refractivity contribution in [2.24, 2.45) is 0 Å². The van der Waals surface area contributed by atoms with Crippen LogP contribution in [-0.2, 0) is 6.42 Å². The molecule has 0 saturated carbocycles. The van der Waals surface area contributed by atoms with Gasteiger partial charge < -0.3 is 15.0 Å². The number of hydrogen-bond acceptors (Lipinski definition) is 3. The van der Waals surface area contributed by atoms with E-state index >= 15 is 0 Å². The molecule has 1 aromatic carbocycles. The molecular formula is C15H22N2O. The van der Waals surface area contributed by atoms with Crippen LogP contribution in [0.5, 0.6) is 5.75 Å². The number of ether oxygens (including phenoxy) is 1. The lowest BCUT2D eigenvalue weighted by Crippen LogP contribution is -2.44. The van der Waals surface area contributed by atoms with Gasteiger partial charge in [0.2, 0.25) is 0 Å². The summed E-state index contributed by atoms with van der Waals surface area (Å²) in [7, 11) is 0. The molecule has 98 valence electrons. The van der Waals surface area contributed by atoms with E-state index in [9.17, 15) is 0 Å². The highest BCUT2D eigenvalue weighted by Crippen LogP contribution is 2.38. The zero-order valence-corrected chi connectivity index (χ0v) is 11.3. The molecule has 1 saturated heterocycles. The molecule has 3 nitrogen and oxygen atoms in total. The number of piperazine rings is 1. The summed E-state index contributed by atoms with van der Waals surface area (Å²) < 4.78 is 6.11. The standard InChI is InChI=1S/C15H22N2O/c1-15(2)7-6-12-13(4-3-5-14(12)18-15)17-10-8-16-9-11-17/h3-5,16H,6-11H2,1-2H3. The summed E-state index contributed by atoms with van der Waals surface area (Å²) in [6.07, 6.45) is 2.23. The van der Waals surface area contributed by atoms with Crippen LogP contribution in [0.25, 0.3) is 0 Å². The van der Waals surface area contributed by atoms with Gasteiger partial charge in [-0.1, -0.05) is 6.07 Å². The van der Waals surface area contributed by atoms with Gasteiger partial charge in [-0.25, -0.2) is 0 Å². The van der Waals surface area contributed by atoms with Crippen molar-refractivity contribution in [2.45, 2.75) is 32.3 Å². The zero-order chi connectivity index (χ0) is 12.6. The normalized spacial score (nSPS) is 22.2. The lowest BCUT2D eigenvalue weighted by atomic mass is 9.93. The Kier molecular flexibility index (Phi) is 2.94. The van der Waals surface area contributed by atoms with E-state index in [4.69, 9.17) is 4.74 Å². The quantitative estimate of drug-likeness (QED) is 0.822. The van der Waals surface area contributed by atoms with Crippen LogP contribution >= 0.6 is 0 Å². The van der Waals surface area contributed by atoms with Crippen LogP contribution in [-0.4, -0.2) is 31.8 Å². The highest BCUT2D eigenvalue weighted by Gasteiger charge is 2.29. The molecule has 2 heterocycles. The summed E-state index contributed by atoms with van der Waals surface area (Å²) in [5.41, 5.74) is 2.76. The van der Waals surface area contributed by atoms with E-state index < -0.39 is 0 Å². The number of anilines is 1. The smallest absolute Gasteiger partial charge is 0.125 e. The first kappa shape index (κ1) is 11.8. The second kappa shape index (κ2) is 4.47. The van der Waals surface area contributed by atoms with Crippen molar-refractivity contribution >= 4 is 5.69 Å². The lowest BCUT2D eigenvalue weighted by Gasteiger charge is -2.37. The highest BCUT2D eigenvalue weighted by molar-refractivity contribution is 5.60. The fourth-order valence-electron chi connectivity index (χ4n) is 2.88. The van der Waals surface area contributed by atoms with E-state index in [1.165, 1.54) is 11.3 Å². The Labute approximate surface area is 109 Å². The zero-order valence-electron chi connectivity index (χ0n) is 11.3. The van der Waals surface area contributed by atoms with Crippen LogP contribution in [0.3, 0.4) is 0 Å². The summed E-state index contributed by atoms with van der Waals surface area (Å²) in [6.45, 7) is 8.70. The lowest BCUT2D eigenvalue weighted by molar-refractivity contribution is 0.0848. The van der Waals surface area contributed by atoms with E-state index in [1.807, 2.05) is 0 Å². The van der Waals surface area contributed by atoms with Crippen LogP contribution in [0, 0.1) is 0 Å². The largest absolute Gasteiger partial charge is 0.487 e. The van der Waals surface area contributed by atoms with Gasteiger partial charge in [0.25, 0.3) is 0 Å². The SMILES string of the molecule is CC1(C)CCc2c(cccc2N2CCNCC2)O1. The van der Waals surface area contributed by atoms with Crippen LogP contribution in [0.15, 0.2) is 18.2 Å². The molecule has 0 radical (unpaired) electrons. The maximum Gasteiger partial charge on any atom is 0.125 e. The van der Waals surface area contributed by atoms with E-state index in [2.05, 4.69) is 42.3 Å². The molecule has 2 aliphatic heterocycles. The molecule has 1 aromatic rings. The second-order valence-corrected chi connectivity index (χ2v) is 5.85. The molecule has 3 rings (SSSR count). The summed E-state index contributed by atoms with van der Waals surface area (Å²) >= 11 is 0. The molecule has 0 unspecified atom stereocenters. The first-order valence-electron chi connectivity index (χ1n) is 6.92. The summed E-state index contributed by atoms with van der Waals surface area (Å²) in [4.78, 5) is 2.48. The Balaban J connectivity index is 1.92. The fourth-order valence-corrected chi connectivity index (χ4v) is 2.88. The second-order valence-electron chi connectivity index (χ2n) is 5.85. The molecule has 0 amide bonds. The number of fused-ring (bicyclic) bond motifs is 1. The van der Waals surface area contributed by atoms with Gasteiger partial charge in [-0.15, -0.1) is 0 Å². The molecule has 1 N–H and O–H groups in total. The number of benzene rings is 1. The molecule has 0 atom stereocenters. The molecule has 0 bridgehead atoms. The van der Waals surface area contributed by atoms with Crippen molar-refractivity contribution in [1.82, 2.24) is 5.32 Å². The van der Waals surface area contributed by atoms with E-state index in [-0.39, 0.29) is 5.60 Å². The van der Waals surface area contributed by atoms with E-state index in [1.54, 1.807) is 0 Å². The van der Waals surface area contributed by atoms with Crippen molar-refractivity contribution in [3.8, 4) is 5.75 Å². The van der Waals surface area contributed by atoms with Crippen molar-refractivity contribution in [3.05, 3.63) is 23.8 Å². The molecule has 0 aliphatic carbocycles. The Hall–Kier alpha value is -1.22. The van der Waals surface area contributed by atoms with Crippen LogP contribution in [0.2, 0.25) is 0 Å². The Morgan fingerprint density at radius 2 is 2.00 bits per heavy atom. The fraction of sp³-hybridized carbons (Fsp3) is 0.600. The number of rotatable bonds is 1. The Morgan fingerprint density at radius 1 is 1.22 bits per heavy atom. The van der Waals surface area contributed by atoms with Gasteiger partial charge >= 0.3 is 0 Å². The Bertz CT molecular complexity index is 436. The molecule has 18 heavy (non-hydrogen) atoms. The average Bonchev–Trinajstić information content (AvgIpc) is 2.37. The first-order valence-corrected chi connectivity index (χ1v) is 6.92. The molecule has 2 aliphatic rings. The summed E-state index contributed by atoms with van der Waals surface area (Å²) in [6, 6.07) is 6.48. The van der Waals surface area contributed by atoms with Crippen molar-refractivity contribution in [2.75, 3.05) is 31.1 Å². The predicted octanol–water partition coefficient (Wildman–Crippen LogP) is 2.20. The molecular weight excluding hydrogens is 224 g/mol. The van der Waals surface area contributed by atoms with Crippen molar-refractivity contribution in [1.29, 1.82) is 0 Å². The highest BCUT2D eigenvalue weighted by atomic mass is 16.5. The summed E-state index contributed by atoms with van der Waals surface area (Å²) in [5, 5.41) is 3.40. The van der Waals surface area contributed by atoms with Gasteiger partial charge in [-0.2, -0.15) is 0 Å². The van der Waals surface area contributed by atoms with Gasteiger partial charge in [0, 0.05) is 37.4 Å². The number of nitrogens with one attached hydrogen (secondary N) is 1. The predicted molar refractivity (Wildman–Crippen MR) is 74.6 cm³/mol. The minimum absolute atomic E-state index is 0.0188. The van der Waals surface area contributed by atoms with Crippen LogP contribution in [0.1, 0.15) is 25.8 Å². The minimum atomic E-state index is -0.0188. The van der Waals surface area contributed by atoms with E-state index in [0.29, 0.717) is 0 Å². The average molecular weight is 246 g/mol. The first-order chi connectivity index (χ1) is 8.66. The van der Waals surface area contributed by atoms with Gasteiger partial charge in [0.15, 0.2) is 0 Å². The third-order valence-corrected chi connectivity index (χ3v) is 3.93. The summed E-state index contributed by atoms with van der Waals surface area (Å²) in [5.74, 6) is 1.09.